The molecule has 4 nitrogen and oxygen atoms in total. The topological polar surface area (TPSA) is 41.9 Å². The Morgan fingerprint density at radius 2 is 1.90 bits per heavy atom. The molecule has 3 rings (SSSR count). The van der Waals surface area contributed by atoms with Gasteiger partial charge in [0.25, 0.3) is 0 Å². The van der Waals surface area contributed by atoms with Crippen LogP contribution in [0.1, 0.15) is 44.7 Å². The Labute approximate surface area is 190 Å². The molecule has 1 unspecified atom stereocenters. The highest BCUT2D eigenvalue weighted by Crippen LogP contribution is 2.27. The minimum atomic E-state index is -0.686. The second-order valence-corrected chi connectivity index (χ2v) is 9.66. The highest BCUT2D eigenvalue weighted by molar-refractivity contribution is 6.42. The van der Waals surface area contributed by atoms with Crippen LogP contribution in [0.4, 0.5) is 8.78 Å². The van der Waals surface area contributed by atoms with Crippen molar-refractivity contribution in [3.8, 4) is 0 Å². The maximum Gasteiger partial charge on any atom is 0.223 e. The molecule has 8 heteroatoms. The number of nitrogens with zero attached hydrogens (tertiary/aromatic N) is 2. The molecule has 0 spiro atoms. The van der Waals surface area contributed by atoms with E-state index >= 15 is 0 Å². The molecule has 0 radical (unpaired) electrons. The minimum absolute atomic E-state index is 0.0169. The van der Waals surface area contributed by atoms with Gasteiger partial charge < -0.3 is 9.74 Å². The van der Waals surface area contributed by atoms with Gasteiger partial charge in [-0.1, -0.05) is 61.3 Å². The monoisotopic (exact) mass is 468 g/mol. The molecule has 1 amide bonds. The average Bonchev–Trinajstić information content (AvgIpc) is 3.12. The Hall–Kier alpha value is -2.18. The van der Waals surface area contributed by atoms with Crippen molar-refractivity contribution in [3.63, 3.8) is 0 Å². The van der Waals surface area contributed by atoms with Crippen LogP contribution in [-0.2, 0) is 16.2 Å². The number of carbonyl (C=O) groups excluding carboxylic acids is 1. The van der Waals surface area contributed by atoms with Gasteiger partial charge in [0, 0.05) is 36.6 Å². The van der Waals surface area contributed by atoms with E-state index in [9.17, 15) is 13.6 Å². The molecule has 0 aliphatic carbocycles. The second-order valence-electron chi connectivity index (χ2n) is 8.85. The molecule has 166 valence electrons. The molecule has 0 fully saturated rings. The maximum atomic E-state index is 14.2. The second kappa shape index (κ2) is 9.53. The van der Waals surface area contributed by atoms with E-state index < -0.39 is 17.7 Å². The lowest BCUT2D eigenvalue weighted by Crippen LogP contribution is -2.39. The molecule has 2 aromatic rings. The summed E-state index contributed by atoms with van der Waals surface area (Å²) in [5.74, 6) is -1.48. The van der Waals surface area contributed by atoms with E-state index in [2.05, 4.69) is 5.16 Å². The van der Waals surface area contributed by atoms with Gasteiger partial charge in [-0.15, -0.1) is 0 Å². The summed E-state index contributed by atoms with van der Waals surface area (Å²) in [5, 5.41) is 5.00. The zero-order valence-corrected chi connectivity index (χ0v) is 19.1. The van der Waals surface area contributed by atoms with Crippen LogP contribution in [0.2, 0.25) is 10.0 Å². The van der Waals surface area contributed by atoms with E-state index in [0.717, 1.165) is 11.6 Å². The highest BCUT2D eigenvalue weighted by atomic mass is 35.5. The largest absolute Gasteiger partial charge is 0.390 e. The van der Waals surface area contributed by atoms with E-state index in [1.807, 2.05) is 20.8 Å². The fourth-order valence-electron chi connectivity index (χ4n) is 3.29. The molecule has 1 aliphatic rings. The van der Waals surface area contributed by atoms with Gasteiger partial charge in [-0.25, -0.2) is 8.78 Å². The summed E-state index contributed by atoms with van der Waals surface area (Å²) >= 11 is 12.1. The summed E-state index contributed by atoms with van der Waals surface area (Å²) in [7, 11) is 0. The fraction of sp³-hybridized carbons (Fsp3) is 0.391. The summed E-state index contributed by atoms with van der Waals surface area (Å²) in [6, 6.07) is 8.56. The Morgan fingerprint density at radius 1 is 1.16 bits per heavy atom. The molecule has 0 N–H and O–H groups in total. The van der Waals surface area contributed by atoms with Crippen LogP contribution in [-0.4, -0.2) is 29.2 Å². The molecular weight excluding hydrogens is 445 g/mol. The van der Waals surface area contributed by atoms with Gasteiger partial charge in [0.15, 0.2) is 6.10 Å². The van der Waals surface area contributed by atoms with Crippen molar-refractivity contribution in [1.82, 2.24) is 4.90 Å². The van der Waals surface area contributed by atoms with Crippen molar-refractivity contribution in [2.75, 3.05) is 6.54 Å². The van der Waals surface area contributed by atoms with Crippen LogP contribution < -0.4 is 0 Å². The number of oxime groups is 1. The number of benzene rings is 2. The molecule has 0 aromatic heterocycles. The van der Waals surface area contributed by atoms with Crippen LogP contribution in [0.5, 0.6) is 0 Å². The van der Waals surface area contributed by atoms with Crippen LogP contribution >= 0.6 is 23.2 Å². The molecule has 0 saturated carbocycles. The molecule has 0 bridgehead atoms. The summed E-state index contributed by atoms with van der Waals surface area (Å²) < 4.78 is 27.5. The van der Waals surface area contributed by atoms with Gasteiger partial charge in [-0.2, -0.15) is 0 Å². The van der Waals surface area contributed by atoms with Gasteiger partial charge >= 0.3 is 0 Å². The lowest BCUT2D eigenvalue weighted by molar-refractivity contribution is -0.135. The Balaban J connectivity index is 1.74. The normalized spacial score (nSPS) is 16.1. The van der Waals surface area contributed by atoms with Gasteiger partial charge in [0.2, 0.25) is 5.91 Å². The number of rotatable bonds is 6. The fourth-order valence-corrected chi connectivity index (χ4v) is 3.59. The number of carbonyl (C=O) groups is 1. The highest BCUT2D eigenvalue weighted by Gasteiger charge is 2.29. The van der Waals surface area contributed by atoms with Gasteiger partial charge in [-0.3, -0.25) is 4.79 Å². The molecule has 0 saturated heterocycles. The smallest absolute Gasteiger partial charge is 0.223 e. The SMILES string of the molecule is CC(C)(C)CC(=O)N(Cc1ccc(F)cc1F)CC1CC(c2ccc(Cl)c(Cl)c2)=NO1. The van der Waals surface area contributed by atoms with Crippen LogP contribution in [0.15, 0.2) is 41.6 Å². The number of halogens is 4. The third-order valence-electron chi connectivity index (χ3n) is 4.82. The van der Waals surface area contributed by atoms with Crippen LogP contribution in [0, 0.1) is 17.0 Å². The Bertz CT molecular complexity index is 1010. The Kier molecular flexibility index (Phi) is 7.22. The predicted molar refractivity (Wildman–Crippen MR) is 118 cm³/mol. The molecular formula is C23H24Cl2F2N2O2. The first kappa shape index (κ1) is 23.5. The predicted octanol–water partition coefficient (Wildman–Crippen LogP) is 6.23. The summed E-state index contributed by atoms with van der Waals surface area (Å²) in [6.45, 7) is 6.11. The lowest BCUT2D eigenvalue weighted by atomic mass is 9.91. The zero-order valence-electron chi connectivity index (χ0n) is 17.6. The van der Waals surface area contributed by atoms with Crippen molar-refractivity contribution in [1.29, 1.82) is 0 Å². The number of hydrogen-bond acceptors (Lipinski definition) is 3. The van der Waals surface area contributed by atoms with Crippen LogP contribution in [0.3, 0.4) is 0 Å². The van der Waals surface area contributed by atoms with Gasteiger partial charge in [0.05, 0.1) is 22.3 Å². The first-order valence-electron chi connectivity index (χ1n) is 9.91. The average molecular weight is 469 g/mol. The summed E-state index contributed by atoms with van der Waals surface area (Å²) in [6.07, 6.45) is 0.350. The van der Waals surface area contributed by atoms with E-state index in [-0.39, 0.29) is 36.4 Å². The quantitative estimate of drug-likeness (QED) is 0.504. The maximum absolute atomic E-state index is 14.2. The molecule has 1 aliphatic heterocycles. The van der Waals surface area contributed by atoms with Crippen molar-refractivity contribution in [3.05, 3.63) is 69.2 Å². The Morgan fingerprint density at radius 3 is 2.55 bits per heavy atom. The first-order valence-corrected chi connectivity index (χ1v) is 10.7. The molecule has 1 heterocycles. The van der Waals surface area contributed by atoms with Crippen molar-refractivity contribution in [2.45, 2.75) is 46.3 Å². The minimum Gasteiger partial charge on any atom is -0.390 e. The van der Waals surface area contributed by atoms with Crippen LogP contribution in [0.25, 0.3) is 0 Å². The third kappa shape index (κ3) is 6.40. The molecule has 2 aromatic carbocycles. The first-order chi connectivity index (χ1) is 14.5. The zero-order chi connectivity index (χ0) is 22.8. The summed E-state index contributed by atoms with van der Waals surface area (Å²) in [5.41, 5.74) is 1.48. The molecule has 31 heavy (non-hydrogen) atoms. The van der Waals surface area contributed by atoms with E-state index in [1.54, 1.807) is 23.1 Å². The van der Waals surface area contributed by atoms with Gasteiger partial charge in [-0.05, 0) is 23.6 Å². The van der Waals surface area contributed by atoms with Crippen molar-refractivity contribution in [2.24, 2.45) is 10.6 Å². The van der Waals surface area contributed by atoms with Crippen molar-refractivity contribution < 1.29 is 18.4 Å². The van der Waals surface area contributed by atoms with E-state index in [1.165, 1.54) is 12.1 Å². The van der Waals surface area contributed by atoms with Gasteiger partial charge in [0.1, 0.15) is 11.6 Å². The van der Waals surface area contributed by atoms with E-state index in [4.69, 9.17) is 28.0 Å². The number of hydrogen-bond donors (Lipinski definition) is 0. The molecule has 1 atom stereocenters. The third-order valence-corrected chi connectivity index (χ3v) is 5.56. The standard InChI is InChI=1S/C23H24Cl2F2N2O2/c1-23(2,3)11-22(30)29(12-15-4-6-16(26)9-20(15)27)13-17-10-21(28-31-17)14-5-7-18(24)19(25)8-14/h4-9,17H,10-13H2,1-3H3. The van der Waals surface area contributed by atoms with Crippen molar-refractivity contribution >= 4 is 34.8 Å². The van der Waals surface area contributed by atoms with E-state index in [0.29, 0.717) is 22.2 Å². The number of amides is 1. The summed E-state index contributed by atoms with van der Waals surface area (Å²) in [4.78, 5) is 20.1. The lowest BCUT2D eigenvalue weighted by Gasteiger charge is -2.28.